The Bertz CT molecular complexity index is 466. The second-order valence-corrected chi connectivity index (χ2v) is 6.89. The number of nitrogens with zero attached hydrogens (tertiary/aromatic N) is 1. The van der Waals surface area contributed by atoms with E-state index in [2.05, 4.69) is 22.3 Å². The van der Waals surface area contributed by atoms with Gasteiger partial charge in [0.15, 0.2) is 0 Å². The smallest absolute Gasteiger partial charge is 0.0815 e. The van der Waals surface area contributed by atoms with E-state index in [1.165, 1.54) is 5.69 Å². The molecule has 3 rings (SSSR count). The summed E-state index contributed by atoms with van der Waals surface area (Å²) in [5, 5.41) is 14.8. The molecule has 122 valence electrons. The van der Waals surface area contributed by atoms with Gasteiger partial charge in [-0.15, -0.1) is 0 Å². The van der Waals surface area contributed by atoms with Gasteiger partial charge in [0.1, 0.15) is 0 Å². The van der Waals surface area contributed by atoms with Gasteiger partial charge >= 0.3 is 0 Å². The van der Waals surface area contributed by atoms with Gasteiger partial charge in [-0.25, -0.2) is 0 Å². The van der Waals surface area contributed by atoms with E-state index in [0.717, 1.165) is 43.8 Å². The Hall–Kier alpha value is -0.810. The number of piperidine rings is 1. The summed E-state index contributed by atoms with van der Waals surface area (Å²) in [6.07, 6.45) is 3.69. The van der Waals surface area contributed by atoms with Crippen LogP contribution in [0.15, 0.2) is 24.3 Å². The van der Waals surface area contributed by atoms with Crippen LogP contribution < -0.4 is 10.2 Å². The molecule has 0 saturated carbocycles. The fourth-order valence-electron chi connectivity index (χ4n) is 3.26. The SMILES string of the molecule is OC1(CNC2CCN(c3ccc(Cl)cc3)CC2)CCOCC1. The molecule has 2 aliphatic rings. The molecule has 0 amide bonds. The molecule has 1 aromatic rings. The normalized spacial score (nSPS) is 22.7. The third-order valence-corrected chi connectivity index (χ3v) is 5.08. The van der Waals surface area contributed by atoms with E-state index < -0.39 is 5.60 Å². The summed E-state index contributed by atoms with van der Waals surface area (Å²) in [4.78, 5) is 2.40. The van der Waals surface area contributed by atoms with Crippen LogP contribution in [0.3, 0.4) is 0 Å². The van der Waals surface area contributed by atoms with E-state index >= 15 is 0 Å². The van der Waals surface area contributed by atoms with Crippen LogP contribution >= 0.6 is 11.6 Å². The number of aliphatic hydroxyl groups is 1. The molecule has 0 aromatic heterocycles. The number of anilines is 1. The van der Waals surface area contributed by atoms with Crippen LogP contribution in [-0.2, 0) is 4.74 Å². The molecule has 0 bridgehead atoms. The van der Waals surface area contributed by atoms with Crippen molar-refractivity contribution >= 4 is 17.3 Å². The van der Waals surface area contributed by atoms with E-state index in [9.17, 15) is 5.11 Å². The summed E-state index contributed by atoms with van der Waals surface area (Å²) in [6.45, 7) is 4.12. The maximum absolute atomic E-state index is 10.5. The molecular formula is C17H25ClN2O2. The highest BCUT2D eigenvalue weighted by Crippen LogP contribution is 2.23. The highest BCUT2D eigenvalue weighted by atomic mass is 35.5. The van der Waals surface area contributed by atoms with Crippen molar-refractivity contribution < 1.29 is 9.84 Å². The zero-order valence-electron chi connectivity index (χ0n) is 12.9. The first-order chi connectivity index (χ1) is 10.6. The monoisotopic (exact) mass is 324 g/mol. The second kappa shape index (κ2) is 7.18. The predicted molar refractivity (Wildman–Crippen MR) is 89.7 cm³/mol. The summed E-state index contributed by atoms with van der Waals surface area (Å²) in [5.41, 5.74) is 0.664. The van der Waals surface area contributed by atoms with Gasteiger partial charge in [0.25, 0.3) is 0 Å². The van der Waals surface area contributed by atoms with Gasteiger partial charge in [-0.05, 0) is 37.1 Å². The molecule has 22 heavy (non-hydrogen) atoms. The quantitative estimate of drug-likeness (QED) is 0.893. The van der Waals surface area contributed by atoms with E-state index in [0.29, 0.717) is 25.8 Å². The van der Waals surface area contributed by atoms with Crippen molar-refractivity contribution in [3.05, 3.63) is 29.3 Å². The number of rotatable bonds is 4. The first-order valence-corrected chi connectivity index (χ1v) is 8.56. The lowest BCUT2D eigenvalue weighted by atomic mass is 9.93. The first-order valence-electron chi connectivity index (χ1n) is 8.19. The fourth-order valence-corrected chi connectivity index (χ4v) is 3.38. The lowest BCUT2D eigenvalue weighted by Gasteiger charge is -2.37. The molecule has 2 saturated heterocycles. The third kappa shape index (κ3) is 4.13. The Morgan fingerprint density at radius 3 is 2.45 bits per heavy atom. The molecule has 2 N–H and O–H groups in total. The fraction of sp³-hybridized carbons (Fsp3) is 0.647. The van der Waals surface area contributed by atoms with Gasteiger partial charge in [-0.3, -0.25) is 0 Å². The molecule has 2 heterocycles. The van der Waals surface area contributed by atoms with Crippen molar-refractivity contribution in [2.24, 2.45) is 0 Å². The highest BCUT2D eigenvalue weighted by molar-refractivity contribution is 6.30. The minimum Gasteiger partial charge on any atom is -0.388 e. The average molecular weight is 325 g/mol. The van der Waals surface area contributed by atoms with E-state index in [1.807, 2.05) is 12.1 Å². The van der Waals surface area contributed by atoms with E-state index in [-0.39, 0.29) is 0 Å². The number of halogens is 1. The molecule has 0 aliphatic carbocycles. The summed E-state index contributed by atoms with van der Waals surface area (Å²) >= 11 is 5.94. The van der Waals surface area contributed by atoms with Gasteiger partial charge < -0.3 is 20.1 Å². The summed E-state index contributed by atoms with van der Waals surface area (Å²) in [7, 11) is 0. The summed E-state index contributed by atoms with van der Waals surface area (Å²) in [6, 6.07) is 8.56. The predicted octanol–water partition coefficient (Wildman–Crippen LogP) is 2.44. The molecule has 0 radical (unpaired) electrons. The lowest BCUT2D eigenvalue weighted by molar-refractivity contribution is -0.0630. The van der Waals surface area contributed by atoms with Crippen LogP contribution in [0, 0.1) is 0 Å². The van der Waals surface area contributed by atoms with Gasteiger partial charge in [0.2, 0.25) is 0 Å². The lowest BCUT2D eigenvalue weighted by Crippen LogP contribution is -2.50. The van der Waals surface area contributed by atoms with Gasteiger partial charge in [-0.2, -0.15) is 0 Å². The molecule has 5 heteroatoms. The van der Waals surface area contributed by atoms with Crippen molar-refractivity contribution in [1.82, 2.24) is 5.32 Å². The molecule has 2 fully saturated rings. The average Bonchev–Trinajstić information content (AvgIpc) is 2.55. The van der Waals surface area contributed by atoms with Crippen LogP contribution in [0.25, 0.3) is 0 Å². The minimum absolute atomic E-state index is 0.496. The molecule has 0 spiro atoms. The molecular weight excluding hydrogens is 300 g/mol. The Morgan fingerprint density at radius 2 is 1.82 bits per heavy atom. The van der Waals surface area contributed by atoms with Crippen molar-refractivity contribution in [2.45, 2.75) is 37.3 Å². The number of nitrogens with one attached hydrogen (secondary N) is 1. The third-order valence-electron chi connectivity index (χ3n) is 4.83. The largest absolute Gasteiger partial charge is 0.388 e. The molecule has 4 nitrogen and oxygen atoms in total. The van der Waals surface area contributed by atoms with Gasteiger partial charge in [0, 0.05) is 62.4 Å². The zero-order valence-corrected chi connectivity index (χ0v) is 13.7. The first kappa shape index (κ1) is 16.1. The van der Waals surface area contributed by atoms with Gasteiger partial charge in [0.05, 0.1) is 5.60 Å². The topological polar surface area (TPSA) is 44.7 Å². The van der Waals surface area contributed by atoms with Crippen molar-refractivity contribution in [2.75, 3.05) is 37.7 Å². The summed E-state index contributed by atoms with van der Waals surface area (Å²) < 4.78 is 5.32. The Kier molecular flexibility index (Phi) is 5.24. The Morgan fingerprint density at radius 1 is 1.18 bits per heavy atom. The van der Waals surface area contributed by atoms with Crippen LogP contribution in [0.1, 0.15) is 25.7 Å². The number of benzene rings is 1. The summed E-state index contributed by atoms with van der Waals surface area (Å²) in [5.74, 6) is 0. The van der Waals surface area contributed by atoms with E-state index in [4.69, 9.17) is 16.3 Å². The minimum atomic E-state index is -0.578. The molecule has 2 aliphatic heterocycles. The number of hydrogen-bond donors (Lipinski definition) is 2. The Labute approximate surface area is 137 Å². The molecule has 1 aromatic carbocycles. The highest BCUT2D eigenvalue weighted by Gasteiger charge is 2.30. The number of hydrogen-bond acceptors (Lipinski definition) is 4. The number of ether oxygens (including phenoxy) is 1. The van der Waals surface area contributed by atoms with Crippen molar-refractivity contribution in [3.8, 4) is 0 Å². The van der Waals surface area contributed by atoms with Crippen LogP contribution in [-0.4, -0.2) is 49.6 Å². The van der Waals surface area contributed by atoms with E-state index in [1.54, 1.807) is 0 Å². The van der Waals surface area contributed by atoms with Crippen molar-refractivity contribution in [3.63, 3.8) is 0 Å². The second-order valence-electron chi connectivity index (χ2n) is 6.46. The van der Waals surface area contributed by atoms with Crippen LogP contribution in [0.2, 0.25) is 5.02 Å². The molecule has 0 atom stereocenters. The van der Waals surface area contributed by atoms with Crippen LogP contribution in [0.5, 0.6) is 0 Å². The standard InChI is InChI=1S/C17H25ClN2O2/c18-14-1-3-16(4-2-14)20-9-5-15(6-10-20)19-13-17(21)7-11-22-12-8-17/h1-4,15,19,21H,5-13H2. The maximum atomic E-state index is 10.5. The zero-order chi connectivity index (χ0) is 15.4. The van der Waals surface area contributed by atoms with Crippen LogP contribution in [0.4, 0.5) is 5.69 Å². The maximum Gasteiger partial charge on any atom is 0.0815 e. The van der Waals surface area contributed by atoms with Crippen molar-refractivity contribution in [1.29, 1.82) is 0 Å². The Balaban J connectivity index is 1.44. The van der Waals surface area contributed by atoms with Gasteiger partial charge in [-0.1, -0.05) is 11.6 Å². The molecule has 0 unspecified atom stereocenters.